The van der Waals surface area contributed by atoms with Gasteiger partial charge in [-0.15, -0.1) is 0 Å². The van der Waals surface area contributed by atoms with Crippen molar-refractivity contribution in [3.63, 3.8) is 0 Å². The Kier molecular flexibility index (Phi) is 4.77. The molecular weight excluding hydrogens is 336 g/mol. The maximum absolute atomic E-state index is 12.8. The zero-order valence-corrected chi connectivity index (χ0v) is 11.8. The van der Waals surface area contributed by atoms with Crippen molar-refractivity contribution in [2.45, 2.75) is 12.4 Å². The molecule has 8 heteroatoms. The van der Waals surface area contributed by atoms with Crippen molar-refractivity contribution in [1.29, 1.82) is 0 Å². The highest BCUT2D eigenvalue weighted by Crippen LogP contribution is 2.31. The lowest BCUT2D eigenvalue weighted by Crippen LogP contribution is -2.08. The second kappa shape index (κ2) is 6.46. The van der Waals surface area contributed by atoms with Crippen molar-refractivity contribution in [2.24, 2.45) is 0 Å². The summed E-state index contributed by atoms with van der Waals surface area (Å²) in [5, 5.41) is 0. The van der Waals surface area contributed by atoms with Gasteiger partial charge in [0.1, 0.15) is 12.0 Å². The van der Waals surface area contributed by atoms with Crippen molar-refractivity contribution in [1.82, 2.24) is 4.98 Å². The topological polar surface area (TPSA) is 30.0 Å². The Morgan fingerprint density at radius 1 is 0.833 bits per heavy atom. The van der Waals surface area contributed by atoms with Gasteiger partial charge in [-0.3, -0.25) is 4.79 Å². The third-order valence-electron chi connectivity index (χ3n) is 2.95. The van der Waals surface area contributed by atoms with Gasteiger partial charge in [-0.1, -0.05) is 12.1 Å². The largest absolute Gasteiger partial charge is 0.433 e. The van der Waals surface area contributed by atoms with Gasteiger partial charge in [-0.25, -0.2) is 4.98 Å². The Balaban J connectivity index is 2.37. The number of carbonyl (C=O) groups is 1. The predicted molar refractivity (Wildman–Crippen MR) is 75.0 cm³/mol. The van der Waals surface area contributed by atoms with Gasteiger partial charge in [0, 0.05) is 5.56 Å². The van der Waals surface area contributed by atoms with Gasteiger partial charge in [0.25, 0.3) is 0 Å². The summed E-state index contributed by atoms with van der Waals surface area (Å²) in [6.07, 6.45) is -6.71. The monoisotopic (exact) mass is 345 g/mol. The number of hydrogen-bond acceptors (Lipinski definition) is 2. The second-order valence-corrected chi connectivity index (χ2v) is 4.78. The molecule has 0 spiro atoms. The van der Waals surface area contributed by atoms with Crippen molar-refractivity contribution in [2.75, 3.05) is 0 Å². The van der Waals surface area contributed by atoms with E-state index in [0.717, 1.165) is 30.4 Å². The number of alkyl halides is 6. The molecule has 0 radical (unpaired) electrons. The van der Waals surface area contributed by atoms with E-state index in [1.807, 2.05) is 0 Å². The average molecular weight is 345 g/mol. The van der Waals surface area contributed by atoms with Crippen LogP contribution in [0, 0.1) is 0 Å². The third-order valence-corrected chi connectivity index (χ3v) is 2.95. The molecule has 0 aliphatic carbocycles. The van der Waals surface area contributed by atoms with Crippen molar-refractivity contribution in [3.8, 4) is 0 Å². The van der Waals surface area contributed by atoms with E-state index in [1.54, 1.807) is 0 Å². The molecule has 2 nitrogen and oxygen atoms in total. The quantitative estimate of drug-likeness (QED) is 0.572. The van der Waals surface area contributed by atoms with Crippen molar-refractivity contribution >= 4 is 18.4 Å². The lowest BCUT2D eigenvalue weighted by molar-refractivity contribution is -0.141. The van der Waals surface area contributed by atoms with Crippen LogP contribution in [-0.2, 0) is 12.4 Å². The lowest BCUT2D eigenvalue weighted by Gasteiger charge is -2.08. The van der Waals surface area contributed by atoms with Crippen LogP contribution in [0.2, 0.25) is 0 Å². The maximum Gasteiger partial charge on any atom is 0.433 e. The highest BCUT2D eigenvalue weighted by atomic mass is 19.4. The molecule has 1 aromatic heterocycles. The molecule has 1 heterocycles. The Labute approximate surface area is 132 Å². The van der Waals surface area contributed by atoms with Crippen LogP contribution < -0.4 is 0 Å². The molecular formula is C16H9F6NO. The Bertz CT molecular complexity index is 777. The number of aromatic nitrogens is 1. The summed E-state index contributed by atoms with van der Waals surface area (Å²) in [5.41, 5.74) is -2.38. The van der Waals surface area contributed by atoms with Gasteiger partial charge in [0.05, 0.1) is 11.3 Å². The molecule has 1 aromatic carbocycles. The number of hydrogen-bond donors (Lipinski definition) is 0. The molecule has 0 aliphatic rings. The van der Waals surface area contributed by atoms with Crippen LogP contribution in [0.3, 0.4) is 0 Å². The molecule has 2 rings (SSSR count). The van der Waals surface area contributed by atoms with E-state index in [9.17, 15) is 31.1 Å². The number of pyridine rings is 1. The standard InChI is InChI=1S/C16H9F6NO/c17-15(18,19)12-7-10(6-11(8-12)9-24)4-5-13-2-1-3-14(23-13)16(20,21)22/h1-9H/b5-4+. The molecule has 2 aromatic rings. The third kappa shape index (κ3) is 4.43. The van der Waals surface area contributed by atoms with Crippen LogP contribution in [0.1, 0.15) is 32.9 Å². The highest BCUT2D eigenvalue weighted by molar-refractivity contribution is 5.78. The number of benzene rings is 1. The first-order chi connectivity index (χ1) is 11.1. The van der Waals surface area contributed by atoms with Crippen LogP contribution in [0.4, 0.5) is 26.3 Å². The minimum Gasteiger partial charge on any atom is -0.298 e. The first-order valence-electron chi connectivity index (χ1n) is 6.49. The number of carbonyl (C=O) groups excluding carboxylic acids is 1. The van der Waals surface area contributed by atoms with E-state index >= 15 is 0 Å². The van der Waals surface area contributed by atoms with Crippen LogP contribution in [-0.4, -0.2) is 11.3 Å². The molecule has 24 heavy (non-hydrogen) atoms. The van der Waals surface area contributed by atoms with Gasteiger partial charge in [0.2, 0.25) is 0 Å². The van der Waals surface area contributed by atoms with E-state index in [0.29, 0.717) is 6.07 Å². The van der Waals surface area contributed by atoms with Gasteiger partial charge in [-0.05, 0) is 42.0 Å². The number of halogens is 6. The molecule has 0 aliphatic heterocycles. The first-order valence-corrected chi connectivity index (χ1v) is 6.49. The molecule has 0 unspecified atom stereocenters. The number of aldehydes is 1. The molecule has 0 saturated heterocycles. The Hall–Kier alpha value is -2.64. The molecule has 0 amide bonds. The maximum atomic E-state index is 12.8. The fourth-order valence-corrected chi connectivity index (χ4v) is 1.89. The van der Waals surface area contributed by atoms with Gasteiger partial charge in [-0.2, -0.15) is 26.3 Å². The zero-order valence-electron chi connectivity index (χ0n) is 11.8. The van der Waals surface area contributed by atoms with Crippen LogP contribution >= 0.6 is 0 Å². The molecule has 0 bridgehead atoms. The van der Waals surface area contributed by atoms with E-state index in [2.05, 4.69) is 4.98 Å². The number of rotatable bonds is 3. The van der Waals surface area contributed by atoms with E-state index in [-0.39, 0.29) is 23.1 Å². The predicted octanol–water partition coefficient (Wildman–Crippen LogP) is 5.10. The van der Waals surface area contributed by atoms with Crippen LogP contribution in [0.15, 0.2) is 36.4 Å². The van der Waals surface area contributed by atoms with Gasteiger partial charge in [0.15, 0.2) is 0 Å². The number of nitrogens with zero attached hydrogens (tertiary/aromatic N) is 1. The van der Waals surface area contributed by atoms with E-state index in [1.165, 1.54) is 12.1 Å². The average Bonchev–Trinajstić information content (AvgIpc) is 2.51. The molecule has 0 atom stereocenters. The summed E-state index contributed by atoms with van der Waals surface area (Å²) in [7, 11) is 0. The molecule has 126 valence electrons. The van der Waals surface area contributed by atoms with E-state index < -0.39 is 23.6 Å². The van der Waals surface area contributed by atoms with Gasteiger partial charge >= 0.3 is 12.4 Å². The summed E-state index contributed by atoms with van der Waals surface area (Å²) < 4.78 is 76.0. The Morgan fingerprint density at radius 3 is 2.08 bits per heavy atom. The molecule has 0 saturated carbocycles. The molecule has 0 fully saturated rings. The summed E-state index contributed by atoms with van der Waals surface area (Å²) in [4.78, 5) is 14.1. The fraction of sp³-hybridized carbons (Fsp3) is 0.125. The molecule has 0 N–H and O–H groups in total. The van der Waals surface area contributed by atoms with Crippen molar-refractivity contribution in [3.05, 3.63) is 64.5 Å². The summed E-state index contributed by atoms with van der Waals surface area (Å²) in [5.74, 6) is 0. The highest BCUT2D eigenvalue weighted by Gasteiger charge is 2.32. The minimum absolute atomic E-state index is 0.0196. The SMILES string of the molecule is O=Cc1cc(/C=C/c2cccc(C(F)(F)F)n2)cc(C(F)(F)F)c1. The summed E-state index contributed by atoms with van der Waals surface area (Å²) in [6.45, 7) is 0. The summed E-state index contributed by atoms with van der Waals surface area (Å²) in [6, 6.07) is 5.86. The van der Waals surface area contributed by atoms with E-state index in [4.69, 9.17) is 0 Å². The van der Waals surface area contributed by atoms with Crippen molar-refractivity contribution < 1.29 is 31.1 Å². The fourth-order valence-electron chi connectivity index (χ4n) is 1.89. The van der Waals surface area contributed by atoms with Gasteiger partial charge < -0.3 is 0 Å². The lowest BCUT2D eigenvalue weighted by atomic mass is 10.1. The normalized spacial score (nSPS) is 12.6. The smallest absolute Gasteiger partial charge is 0.298 e. The first kappa shape index (κ1) is 17.7. The van der Waals surface area contributed by atoms with Crippen LogP contribution in [0.25, 0.3) is 12.2 Å². The minimum atomic E-state index is -4.64. The van der Waals surface area contributed by atoms with Crippen LogP contribution in [0.5, 0.6) is 0 Å². The summed E-state index contributed by atoms with van der Waals surface area (Å²) >= 11 is 0. The second-order valence-electron chi connectivity index (χ2n) is 4.78. The zero-order chi connectivity index (χ0) is 18.0. The Morgan fingerprint density at radius 2 is 1.50 bits per heavy atom.